The quantitative estimate of drug-likeness (QED) is 0.707. The van der Waals surface area contributed by atoms with E-state index in [4.69, 9.17) is 22.4 Å². The standard InChI is InChI=1S/C9H11ClFNO2/c1-4(12)9(14)7-5(10)2-3-6(13)8(7)11/h2-4,9,13-14H,12H2,1H3. The molecule has 3 nitrogen and oxygen atoms in total. The van der Waals surface area contributed by atoms with E-state index in [0.29, 0.717) is 0 Å². The maximum atomic E-state index is 13.3. The van der Waals surface area contributed by atoms with Crippen LogP contribution in [0.5, 0.6) is 5.75 Å². The van der Waals surface area contributed by atoms with Gasteiger partial charge in [-0.25, -0.2) is 4.39 Å². The number of halogens is 2. The highest BCUT2D eigenvalue weighted by molar-refractivity contribution is 6.31. The van der Waals surface area contributed by atoms with Crippen LogP contribution >= 0.6 is 11.6 Å². The lowest BCUT2D eigenvalue weighted by molar-refractivity contribution is 0.148. The van der Waals surface area contributed by atoms with E-state index < -0.39 is 23.7 Å². The van der Waals surface area contributed by atoms with Gasteiger partial charge < -0.3 is 15.9 Å². The molecule has 0 aromatic heterocycles. The molecule has 0 aliphatic rings. The third kappa shape index (κ3) is 1.97. The van der Waals surface area contributed by atoms with Gasteiger partial charge in [-0.1, -0.05) is 11.6 Å². The van der Waals surface area contributed by atoms with Crippen LogP contribution in [0.3, 0.4) is 0 Å². The molecule has 1 rings (SSSR count). The van der Waals surface area contributed by atoms with Crippen LogP contribution in [-0.4, -0.2) is 16.3 Å². The summed E-state index contributed by atoms with van der Waals surface area (Å²) in [6.45, 7) is 1.52. The zero-order valence-corrected chi connectivity index (χ0v) is 8.29. The molecule has 0 bridgehead atoms. The Morgan fingerprint density at radius 1 is 1.50 bits per heavy atom. The fraction of sp³-hybridized carbons (Fsp3) is 0.333. The molecular weight excluding hydrogens is 209 g/mol. The van der Waals surface area contributed by atoms with Crippen LogP contribution in [0.25, 0.3) is 0 Å². The van der Waals surface area contributed by atoms with E-state index in [1.807, 2.05) is 0 Å². The highest BCUT2D eigenvalue weighted by Gasteiger charge is 2.22. The lowest BCUT2D eigenvalue weighted by Gasteiger charge is -2.17. The molecule has 0 saturated carbocycles. The van der Waals surface area contributed by atoms with E-state index in [0.717, 1.165) is 6.07 Å². The summed E-state index contributed by atoms with van der Waals surface area (Å²) >= 11 is 5.67. The van der Waals surface area contributed by atoms with Gasteiger partial charge in [-0.2, -0.15) is 0 Å². The van der Waals surface area contributed by atoms with E-state index >= 15 is 0 Å². The minimum absolute atomic E-state index is 0.0464. The minimum Gasteiger partial charge on any atom is -0.505 e. The van der Waals surface area contributed by atoms with Crippen molar-refractivity contribution >= 4 is 11.6 Å². The van der Waals surface area contributed by atoms with Gasteiger partial charge in [0.05, 0.1) is 6.10 Å². The largest absolute Gasteiger partial charge is 0.505 e. The number of benzene rings is 1. The average Bonchev–Trinajstić information content (AvgIpc) is 2.12. The van der Waals surface area contributed by atoms with Gasteiger partial charge in [0.25, 0.3) is 0 Å². The number of phenols is 1. The van der Waals surface area contributed by atoms with Crippen molar-refractivity contribution in [1.82, 2.24) is 0 Å². The summed E-state index contributed by atoms with van der Waals surface area (Å²) in [6, 6.07) is 1.76. The highest BCUT2D eigenvalue weighted by Crippen LogP contribution is 2.32. The van der Waals surface area contributed by atoms with Crippen molar-refractivity contribution in [2.45, 2.75) is 19.1 Å². The SMILES string of the molecule is CC(N)C(O)c1c(Cl)ccc(O)c1F. The first kappa shape index (κ1) is 11.2. The van der Waals surface area contributed by atoms with Gasteiger partial charge in [0.1, 0.15) is 0 Å². The van der Waals surface area contributed by atoms with Crippen LogP contribution in [-0.2, 0) is 0 Å². The summed E-state index contributed by atoms with van der Waals surface area (Å²) in [5.41, 5.74) is 5.23. The molecule has 2 atom stereocenters. The van der Waals surface area contributed by atoms with E-state index in [1.54, 1.807) is 0 Å². The lowest BCUT2D eigenvalue weighted by atomic mass is 10.0. The van der Waals surface area contributed by atoms with E-state index in [1.165, 1.54) is 13.0 Å². The van der Waals surface area contributed by atoms with Crippen LogP contribution in [0.4, 0.5) is 4.39 Å². The fourth-order valence-corrected chi connectivity index (χ4v) is 1.35. The van der Waals surface area contributed by atoms with Crippen LogP contribution in [0.2, 0.25) is 5.02 Å². The Morgan fingerprint density at radius 3 is 2.57 bits per heavy atom. The maximum absolute atomic E-state index is 13.3. The van der Waals surface area contributed by atoms with Crippen molar-refractivity contribution < 1.29 is 14.6 Å². The van der Waals surface area contributed by atoms with Crippen LogP contribution in [0, 0.1) is 5.82 Å². The zero-order chi connectivity index (χ0) is 10.9. The Kier molecular flexibility index (Phi) is 3.31. The lowest BCUT2D eigenvalue weighted by Crippen LogP contribution is -2.25. The third-order valence-electron chi connectivity index (χ3n) is 1.90. The van der Waals surface area contributed by atoms with Crippen molar-refractivity contribution in [3.8, 4) is 5.75 Å². The number of phenolic OH excluding ortho intramolecular Hbond substituents is 1. The van der Waals surface area contributed by atoms with Gasteiger partial charge >= 0.3 is 0 Å². The van der Waals surface area contributed by atoms with Crippen molar-refractivity contribution in [2.75, 3.05) is 0 Å². The predicted octanol–water partition coefficient (Wildman–Crippen LogP) is 1.57. The van der Waals surface area contributed by atoms with Gasteiger partial charge in [-0.15, -0.1) is 0 Å². The molecule has 5 heteroatoms. The summed E-state index contributed by atoms with van der Waals surface area (Å²) < 4.78 is 13.3. The van der Waals surface area contributed by atoms with Crippen LogP contribution in [0.1, 0.15) is 18.6 Å². The molecule has 78 valence electrons. The number of aliphatic hydroxyl groups excluding tert-OH is 1. The van der Waals surface area contributed by atoms with Crippen LogP contribution in [0.15, 0.2) is 12.1 Å². The Balaban J connectivity index is 3.25. The Labute approximate surface area is 85.9 Å². The summed E-state index contributed by atoms with van der Waals surface area (Å²) in [7, 11) is 0. The Morgan fingerprint density at radius 2 is 2.07 bits per heavy atom. The van der Waals surface area contributed by atoms with E-state index in [9.17, 15) is 9.50 Å². The molecule has 1 aromatic rings. The highest BCUT2D eigenvalue weighted by atomic mass is 35.5. The smallest absolute Gasteiger partial charge is 0.172 e. The summed E-state index contributed by atoms with van der Waals surface area (Å²) in [5.74, 6) is -1.48. The normalized spacial score (nSPS) is 15.2. The molecule has 0 amide bonds. The molecule has 4 N–H and O–H groups in total. The zero-order valence-electron chi connectivity index (χ0n) is 7.54. The minimum atomic E-state index is -1.23. The maximum Gasteiger partial charge on any atom is 0.172 e. The second-order valence-corrected chi connectivity index (χ2v) is 3.51. The van der Waals surface area contributed by atoms with Gasteiger partial charge in [0, 0.05) is 16.6 Å². The predicted molar refractivity (Wildman–Crippen MR) is 51.7 cm³/mol. The second kappa shape index (κ2) is 4.13. The molecule has 0 fully saturated rings. The fourth-order valence-electron chi connectivity index (χ4n) is 1.09. The number of hydrogen-bond acceptors (Lipinski definition) is 3. The summed E-state index contributed by atoms with van der Waals surface area (Å²) in [5, 5.41) is 18.6. The first-order chi connectivity index (χ1) is 6.45. The van der Waals surface area contributed by atoms with Crippen molar-refractivity contribution in [1.29, 1.82) is 0 Å². The molecule has 0 radical (unpaired) electrons. The van der Waals surface area contributed by atoms with Gasteiger partial charge in [0.2, 0.25) is 0 Å². The number of aliphatic hydroxyl groups is 1. The molecule has 0 heterocycles. The molecule has 0 saturated heterocycles. The molecule has 2 unspecified atom stereocenters. The number of aromatic hydroxyl groups is 1. The van der Waals surface area contributed by atoms with Gasteiger partial charge in [-0.05, 0) is 19.1 Å². The molecule has 0 spiro atoms. The second-order valence-electron chi connectivity index (χ2n) is 3.10. The number of rotatable bonds is 2. The molecular formula is C9H11ClFNO2. The van der Waals surface area contributed by atoms with E-state index in [2.05, 4.69) is 0 Å². The van der Waals surface area contributed by atoms with Crippen molar-refractivity contribution in [3.05, 3.63) is 28.5 Å². The molecule has 1 aromatic carbocycles. The Hall–Kier alpha value is -0.840. The Bertz CT molecular complexity index is 344. The average molecular weight is 220 g/mol. The van der Waals surface area contributed by atoms with Gasteiger partial charge in [0.15, 0.2) is 11.6 Å². The third-order valence-corrected chi connectivity index (χ3v) is 2.23. The first-order valence-electron chi connectivity index (χ1n) is 4.05. The topological polar surface area (TPSA) is 66.5 Å². The number of hydrogen-bond donors (Lipinski definition) is 3. The summed E-state index contributed by atoms with van der Waals surface area (Å²) in [4.78, 5) is 0. The number of nitrogens with two attached hydrogens (primary N) is 1. The first-order valence-corrected chi connectivity index (χ1v) is 4.43. The van der Waals surface area contributed by atoms with Crippen molar-refractivity contribution in [2.24, 2.45) is 5.73 Å². The van der Waals surface area contributed by atoms with Crippen molar-refractivity contribution in [3.63, 3.8) is 0 Å². The van der Waals surface area contributed by atoms with Gasteiger partial charge in [-0.3, -0.25) is 0 Å². The van der Waals surface area contributed by atoms with Crippen LogP contribution < -0.4 is 5.73 Å². The summed E-state index contributed by atoms with van der Waals surface area (Å²) in [6.07, 6.45) is -1.23. The molecule has 0 aliphatic heterocycles. The van der Waals surface area contributed by atoms with E-state index in [-0.39, 0.29) is 10.6 Å². The molecule has 14 heavy (non-hydrogen) atoms. The molecule has 0 aliphatic carbocycles. The monoisotopic (exact) mass is 219 g/mol.